The van der Waals surface area contributed by atoms with Gasteiger partial charge in [-0.15, -0.1) is 0 Å². The van der Waals surface area contributed by atoms with E-state index in [4.69, 9.17) is 11.6 Å². The van der Waals surface area contributed by atoms with Crippen LogP contribution < -0.4 is 5.32 Å². The van der Waals surface area contributed by atoms with Gasteiger partial charge in [-0.3, -0.25) is 4.79 Å². The van der Waals surface area contributed by atoms with Gasteiger partial charge in [0.2, 0.25) is 0 Å². The second-order valence-corrected chi connectivity index (χ2v) is 6.74. The van der Waals surface area contributed by atoms with Gasteiger partial charge in [0.05, 0.1) is 0 Å². The lowest BCUT2D eigenvalue weighted by Gasteiger charge is -2.07. The highest BCUT2D eigenvalue weighted by molar-refractivity contribution is 6.31. The van der Waals surface area contributed by atoms with E-state index in [1.54, 1.807) is 24.3 Å². The molecule has 3 aromatic rings. The van der Waals surface area contributed by atoms with E-state index in [1.165, 1.54) is 42.5 Å². The fraction of sp³-hybridized carbons (Fsp3) is 0.0435. The number of phenols is 1. The van der Waals surface area contributed by atoms with Crippen LogP contribution in [0, 0.1) is 17.1 Å². The van der Waals surface area contributed by atoms with Gasteiger partial charge >= 0.3 is 0 Å². The van der Waals surface area contributed by atoms with Crippen LogP contribution in [0.25, 0.3) is 6.08 Å². The summed E-state index contributed by atoms with van der Waals surface area (Å²) in [6.07, 6.45) is 1.90. The van der Waals surface area contributed by atoms with Gasteiger partial charge in [0.15, 0.2) is 0 Å². The summed E-state index contributed by atoms with van der Waals surface area (Å²) in [7, 11) is 0. The number of anilines is 1. The Morgan fingerprint density at radius 2 is 1.90 bits per heavy atom. The lowest BCUT2D eigenvalue weighted by Crippen LogP contribution is -2.13. The monoisotopic (exact) mass is 406 g/mol. The van der Waals surface area contributed by atoms with Crippen LogP contribution in [-0.4, -0.2) is 11.0 Å². The zero-order chi connectivity index (χ0) is 20.8. The smallest absolute Gasteiger partial charge is 0.266 e. The molecule has 0 aromatic heterocycles. The highest BCUT2D eigenvalue weighted by Gasteiger charge is 2.11. The van der Waals surface area contributed by atoms with Gasteiger partial charge in [0, 0.05) is 10.7 Å². The number of nitrogens with one attached hydrogen (secondary N) is 1. The van der Waals surface area contributed by atoms with Gasteiger partial charge in [0.1, 0.15) is 23.2 Å². The Morgan fingerprint density at radius 1 is 1.14 bits per heavy atom. The molecule has 0 saturated heterocycles. The molecule has 1 amide bonds. The number of rotatable bonds is 5. The third-order valence-corrected chi connectivity index (χ3v) is 4.51. The molecule has 0 aliphatic heterocycles. The predicted octanol–water partition coefficient (Wildman–Crippen LogP) is 5.32. The van der Waals surface area contributed by atoms with Gasteiger partial charge in [-0.25, -0.2) is 4.39 Å². The molecule has 0 aliphatic rings. The Bertz CT molecular complexity index is 1120. The van der Waals surface area contributed by atoms with Crippen LogP contribution in [0.4, 0.5) is 10.1 Å². The first kappa shape index (κ1) is 20.1. The molecule has 3 rings (SSSR count). The zero-order valence-corrected chi connectivity index (χ0v) is 15.9. The predicted molar refractivity (Wildman–Crippen MR) is 111 cm³/mol. The molecule has 6 heteroatoms. The number of nitrogens with zero attached hydrogens (tertiary/aromatic N) is 1. The number of hydrogen-bond donors (Lipinski definition) is 2. The topological polar surface area (TPSA) is 73.1 Å². The number of benzene rings is 3. The Morgan fingerprint density at radius 3 is 2.55 bits per heavy atom. The Hall–Kier alpha value is -3.62. The molecule has 0 spiro atoms. The molecule has 3 aromatic carbocycles. The Balaban J connectivity index is 1.77. The summed E-state index contributed by atoms with van der Waals surface area (Å²) in [6.45, 7) is 0. The molecule has 0 heterocycles. The first-order valence-corrected chi connectivity index (χ1v) is 9.07. The van der Waals surface area contributed by atoms with Gasteiger partial charge in [-0.2, -0.15) is 5.26 Å². The Kier molecular flexibility index (Phi) is 6.28. The summed E-state index contributed by atoms with van der Waals surface area (Å²) in [6, 6.07) is 19.3. The molecule has 0 saturated carbocycles. The molecular weight excluding hydrogens is 391 g/mol. The number of nitriles is 1. The maximum atomic E-state index is 13.3. The zero-order valence-electron chi connectivity index (χ0n) is 15.2. The number of hydrogen-bond acceptors (Lipinski definition) is 3. The van der Waals surface area contributed by atoms with Gasteiger partial charge < -0.3 is 10.4 Å². The van der Waals surface area contributed by atoms with Crippen molar-refractivity contribution in [3.8, 4) is 11.8 Å². The standard InChI is InChI=1S/C23H16ClFN2O2/c24-22-13-16(4-5-17(22)10-15-2-1-3-19(25)12-15)11-18(14-26)23(29)27-20-6-8-21(28)9-7-20/h1-9,11-13,28H,10H2,(H,27,29)/b18-11+. The van der Waals surface area contributed by atoms with E-state index in [1.807, 2.05) is 12.1 Å². The fourth-order valence-electron chi connectivity index (χ4n) is 2.72. The third-order valence-electron chi connectivity index (χ3n) is 4.16. The summed E-state index contributed by atoms with van der Waals surface area (Å²) in [4.78, 5) is 12.3. The normalized spacial score (nSPS) is 11.0. The van der Waals surface area contributed by atoms with E-state index in [2.05, 4.69) is 5.32 Å². The van der Waals surface area contributed by atoms with Crippen molar-refractivity contribution in [3.05, 3.63) is 99.8 Å². The highest BCUT2D eigenvalue weighted by atomic mass is 35.5. The molecule has 4 nitrogen and oxygen atoms in total. The molecule has 0 atom stereocenters. The third kappa shape index (κ3) is 5.44. The van der Waals surface area contributed by atoms with Crippen molar-refractivity contribution in [1.82, 2.24) is 0 Å². The molecule has 0 unspecified atom stereocenters. The average molecular weight is 407 g/mol. The van der Waals surface area contributed by atoms with E-state index >= 15 is 0 Å². The molecule has 0 bridgehead atoms. The van der Waals surface area contributed by atoms with Crippen molar-refractivity contribution in [3.63, 3.8) is 0 Å². The fourth-order valence-corrected chi connectivity index (χ4v) is 2.98. The van der Waals surface area contributed by atoms with Crippen molar-refractivity contribution >= 4 is 29.3 Å². The van der Waals surface area contributed by atoms with E-state index in [0.29, 0.717) is 22.7 Å². The second kappa shape index (κ2) is 9.05. The number of phenolic OH excluding ortho intramolecular Hbond substituents is 1. The minimum absolute atomic E-state index is 0.0759. The molecule has 2 N–H and O–H groups in total. The minimum atomic E-state index is -0.571. The van der Waals surface area contributed by atoms with Gasteiger partial charge in [-0.1, -0.05) is 35.9 Å². The summed E-state index contributed by atoms with van der Waals surface area (Å²) in [5.74, 6) is -0.804. The van der Waals surface area contributed by atoms with Crippen molar-refractivity contribution in [2.75, 3.05) is 5.32 Å². The summed E-state index contributed by atoms with van der Waals surface area (Å²) < 4.78 is 13.3. The average Bonchev–Trinajstić information content (AvgIpc) is 2.70. The van der Waals surface area contributed by atoms with Crippen molar-refractivity contribution in [2.45, 2.75) is 6.42 Å². The lowest BCUT2D eigenvalue weighted by molar-refractivity contribution is -0.112. The van der Waals surface area contributed by atoms with Gasteiger partial charge in [0.25, 0.3) is 5.91 Å². The summed E-state index contributed by atoms with van der Waals surface area (Å²) in [5.41, 5.74) is 2.56. The van der Waals surface area contributed by atoms with Crippen LogP contribution in [0.2, 0.25) is 5.02 Å². The van der Waals surface area contributed by atoms with Gasteiger partial charge in [-0.05, 0) is 71.7 Å². The van der Waals surface area contributed by atoms with E-state index in [0.717, 1.165) is 11.1 Å². The maximum absolute atomic E-state index is 13.3. The number of halogens is 2. The second-order valence-electron chi connectivity index (χ2n) is 6.33. The number of carbonyl (C=O) groups excluding carboxylic acids is 1. The van der Waals surface area contributed by atoms with Crippen molar-refractivity contribution < 1.29 is 14.3 Å². The summed E-state index contributed by atoms with van der Waals surface area (Å²) >= 11 is 6.34. The maximum Gasteiger partial charge on any atom is 0.266 e. The van der Waals surface area contributed by atoms with Crippen molar-refractivity contribution in [1.29, 1.82) is 5.26 Å². The lowest BCUT2D eigenvalue weighted by atomic mass is 10.0. The van der Waals surface area contributed by atoms with Crippen LogP contribution in [0.3, 0.4) is 0 Å². The van der Waals surface area contributed by atoms with E-state index in [-0.39, 0.29) is 17.1 Å². The minimum Gasteiger partial charge on any atom is -0.508 e. The molecule has 29 heavy (non-hydrogen) atoms. The number of aromatic hydroxyl groups is 1. The van der Waals surface area contributed by atoms with E-state index in [9.17, 15) is 19.6 Å². The SMILES string of the molecule is N#C/C(=C\c1ccc(Cc2cccc(F)c2)c(Cl)c1)C(=O)Nc1ccc(O)cc1. The van der Waals surface area contributed by atoms with E-state index < -0.39 is 5.91 Å². The van der Waals surface area contributed by atoms with Crippen LogP contribution in [0.15, 0.2) is 72.3 Å². The van der Waals surface area contributed by atoms with Crippen LogP contribution in [0.1, 0.15) is 16.7 Å². The molecule has 0 aliphatic carbocycles. The van der Waals surface area contributed by atoms with Crippen LogP contribution in [0.5, 0.6) is 5.75 Å². The number of carbonyl (C=O) groups is 1. The first-order chi connectivity index (χ1) is 13.9. The van der Waals surface area contributed by atoms with Crippen LogP contribution >= 0.6 is 11.6 Å². The van der Waals surface area contributed by atoms with Crippen molar-refractivity contribution in [2.24, 2.45) is 0 Å². The number of amides is 1. The summed E-state index contributed by atoms with van der Waals surface area (Å²) in [5, 5.41) is 21.7. The first-order valence-electron chi connectivity index (χ1n) is 8.69. The van der Waals surface area contributed by atoms with Crippen LogP contribution in [-0.2, 0) is 11.2 Å². The Labute approximate surface area is 172 Å². The molecular formula is C23H16ClFN2O2. The largest absolute Gasteiger partial charge is 0.508 e. The quantitative estimate of drug-likeness (QED) is 0.342. The molecule has 0 radical (unpaired) electrons. The molecule has 144 valence electrons. The highest BCUT2D eigenvalue weighted by Crippen LogP contribution is 2.23. The molecule has 0 fully saturated rings.